The topological polar surface area (TPSA) is 66.0 Å². The number of carbonyl (C=O) groups is 2. The fourth-order valence-electron chi connectivity index (χ4n) is 2.11. The molecule has 3 N–H and O–H groups in total. The highest BCUT2D eigenvalue weighted by atomic mass is 16.2. The molecule has 0 saturated heterocycles. The number of likely N-dealkylation sites (N-methyl/N-ethyl adjacent to an activating group) is 1. The Bertz CT molecular complexity index is 458. The van der Waals surface area contributed by atoms with Crippen LogP contribution in [0.3, 0.4) is 0 Å². The van der Waals surface area contributed by atoms with Crippen molar-refractivity contribution in [3.8, 4) is 0 Å². The minimum atomic E-state index is -0.119. The van der Waals surface area contributed by atoms with Gasteiger partial charge in [0.1, 0.15) is 6.04 Å². The maximum atomic E-state index is 11.8. The summed E-state index contributed by atoms with van der Waals surface area (Å²) in [6, 6.07) is 10.4. The number of carbonyl (C=O) groups excluding carboxylic acids is 2. The van der Waals surface area contributed by atoms with E-state index in [0.717, 1.165) is 0 Å². The molecule has 116 valence electrons. The molecule has 0 aliphatic carbocycles. The first kappa shape index (κ1) is 17.2. The molecule has 0 aliphatic heterocycles. The molecule has 0 aromatic heterocycles. The molecule has 1 aromatic rings. The molecule has 21 heavy (non-hydrogen) atoms. The molecule has 0 heterocycles. The first-order chi connectivity index (χ1) is 9.91. The summed E-state index contributed by atoms with van der Waals surface area (Å²) in [4.78, 5) is 24.7. The zero-order valence-electron chi connectivity index (χ0n) is 13.3. The number of amides is 2. The van der Waals surface area contributed by atoms with Gasteiger partial charge < -0.3 is 15.5 Å². The number of benzene rings is 1. The van der Waals surface area contributed by atoms with Gasteiger partial charge >= 0.3 is 0 Å². The summed E-state index contributed by atoms with van der Waals surface area (Å²) in [7, 11) is 3.34. The van der Waals surface area contributed by atoms with Gasteiger partial charge in [-0.25, -0.2) is 0 Å². The first-order valence-electron chi connectivity index (χ1n) is 7.27. The van der Waals surface area contributed by atoms with Crippen molar-refractivity contribution in [3.05, 3.63) is 35.9 Å². The van der Waals surface area contributed by atoms with Crippen LogP contribution in [0.4, 0.5) is 0 Å². The second kappa shape index (κ2) is 8.42. The van der Waals surface area contributed by atoms with Crippen molar-refractivity contribution >= 4 is 11.8 Å². The molecule has 1 aromatic carbocycles. The summed E-state index contributed by atoms with van der Waals surface area (Å²) in [5.41, 5.74) is 1.21. The normalized spacial score (nSPS) is 12.0. The predicted octanol–water partition coefficient (Wildman–Crippen LogP) is 0.152. The molecule has 5 heteroatoms. The molecule has 5 nitrogen and oxygen atoms in total. The Labute approximate surface area is 126 Å². The smallest absolute Gasteiger partial charge is 0.275 e. The molecule has 0 aliphatic rings. The van der Waals surface area contributed by atoms with Gasteiger partial charge in [0.25, 0.3) is 5.91 Å². The maximum Gasteiger partial charge on any atom is 0.275 e. The van der Waals surface area contributed by atoms with E-state index in [1.165, 1.54) is 10.5 Å². The van der Waals surface area contributed by atoms with Gasteiger partial charge in [-0.3, -0.25) is 9.59 Å². The molecule has 0 unspecified atom stereocenters. The van der Waals surface area contributed by atoms with E-state index in [2.05, 4.69) is 31.3 Å². The van der Waals surface area contributed by atoms with Gasteiger partial charge in [-0.15, -0.1) is 0 Å². The van der Waals surface area contributed by atoms with Crippen LogP contribution in [0.5, 0.6) is 0 Å². The van der Waals surface area contributed by atoms with E-state index >= 15 is 0 Å². The van der Waals surface area contributed by atoms with Crippen LogP contribution in [0.15, 0.2) is 30.3 Å². The Morgan fingerprint density at radius 3 is 2.33 bits per heavy atom. The van der Waals surface area contributed by atoms with Crippen molar-refractivity contribution < 1.29 is 14.9 Å². The van der Waals surface area contributed by atoms with Gasteiger partial charge in [0.15, 0.2) is 6.54 Å². The summed E-state index contributed by atoms with van der Waals surface area (Å²) in [5, 5.41) is 4.67. The minimum Gasteiger partial charge on any atom is -0.347 e. The minimum absolute atomic E-state index is 0.0529. The van der Waals surface area contributed by atoms with Crippen molar-refractivity contribution in [2.75, 3.05) is 27.2 Å². The van der Waals surface area contributed by atoms with Crippen molar-refractivity contribution in [1.82, 2.24) is 10.2 Å². The Kier molecular flexibility index (Phi) is 6.88. The molecule has 0 radical (unpaired) electrons. The van der Waals surface area contributed by atoms with E-state index in [-0.39, 0.29) is 24.4 Å². The Morgan fingerprint density at radius 2 is 1.81 bits per heavy atom. The van der Waals surface area contributed by atoms with E-state index in [1.807, 2.05) is 23.5 Å². The van der Waals surface area contributed by atoms with E-state index in [1.54, 1.807) is 14.1 Å². The molecule has 0 bridgehead atoms. The number of nitrogens with two attached hydrogens (primary N) is 1. The van der Waals surface area contributed by atoms with Gasteiger partial charge in [0, 0.05) is 25.6 Å². The average Bonchev–Trinajstić information content (AvgIpc) is 2.45. The van der Waals surface area contributed by atoms with Gasteiger partial charge in [0.2, 0.25) is 5.91 Å². The van der Waals surface area contributed by atoms with Crippen LogP contribution in [0.25, 0.3) is 0 Å². The Hall–Kier alpha value is -1.88. The van der Waals surface area contributed by atoms with Crippen molar-refractivity contribution in [2.45, 2.75) is 19.9 Å². The molecule has 2 amide bonds. The molecule has 1 atom stereocenters. The lowest BCUT2D eigenvalue weighted by molar-refractivity contribution is -0.692. The summed E-state index contributed by atoms with van der Waals surface area (Å²) in [6.07, 6.45) is 0. The Balaban J connectivity index is 2.47. The summed E-state index contributed by atoms with van der Waals surface area (Å²) >= 11 is 0. The van der Waals surface area contributed by atoms with Gasteiger partial charge in [-0.05, 0) is 0 Å². The van der Waals surface area contributed by atoms with Gasteiger partial charge in [-0.2, -0.15) is 0 Å². The zero-order valence-corrected chi connectivity index (χ0v) is 13.3. The van der Waals surface area contributed by atoms with Crippen LogP contribution < -0.4 is 10.6 Å². The lowest BCUT2D eigenvalue weighted by atomic mass is 9.96. The molecular weight excluding hydrogens is 266 g/mol. The monoisotopic (exact) mass is 292 g/mol. The van der Waals surface area contributed by atoms with Crippen LogP contribution >= 0.6 is 0 Å². The summed E-state index contributed by atoms with van der Waals surface area (Å²) in [5.74, 6) is 0.196. The first-order valence-corrected chi connectivity index (χ1v) is 7.27. The van der Waals surface area contributed by atoms with Crippen LogP contribution in [0.1, 0.15) is 25.5 Å². The standard InChI is InChI=1S/C16H25N3O2/c1-12(2)16(13-8-6-5-7-9-13)18-10-14(20)17-11-15(21)19(3)4/h5-9,12,16,18H,10-11H2,1-4H3,(H,17,20)/p+1/t16-/m1/s1. The van der Waals surface area contributed by atoms with E-state index in [4.69, 9.17) is 0 Å². The van der Waals surface area contributed by atoms with Gasteiger partial charge in [0.05, 0.1) is 6.54 Å². The molecule has 0 saturated carbocycles. The molecule has 1 rings (SSSR count). The van der Waals surface area contributed by atoms with Crippen molar-refractivity contribution in [1.29, 1.82) is 0 Å². The summed E-state index contributed by atoms with van der Waals surface area (Å²) < 4.78 is 0. The third-order valence-corrected chi connectivity index (χ3v) is 3.40. The molecular formula is C16H26N3O2+. The average molecular weight is 292 g/mol. The van der Waals surface area contributed by atoms with Crippen molar-refractivity contribution in [3.63, 3.8) is 0 Å². The summed E-state index contributed by atoms with van der Waals surface area (Å²) in [6.45, 7) is 4.65. The highest BCUT2D eigenvalue weighted by Gasteiger charge is 2.20. The Morgan fingerprint density at radius 1 is 1.19 bits per heavy atom. The number of rotatable bonds is 7. The van der Waals surface area contributed by atoms with Gasteiger partial charge in [-0.1, -0.05) is 44.2 Å². The van der Waals surface area contributed by atoms with Crippen molar-refractivity contribution in [2.24, 2.45) is 5.92 Å². The van der Waals surface area contributed by atoms with Crippen LogP contribution in [0, 0.1) is 5.92 Å². The largest absolute Gasteiger partial charge is 0.347 e. The number of nitrogens with zero attached hydrogens (tertiary/aromatic N) is 1. The third kappa shape index (κ3) is 5.95. The lowest BCUT2D eigenvalue weighted by Crippen LogP contribution is -2.88. The maximum absolute atomic E-state index is 11.8. The fourth-order valence-corrected chi connectivity index (χ4v) is 2.11. The van der Waals surface area contributed by atoms with Crippen LogP contribution in [0.2, 0.25) is 0 Å². The van der Waals surface area contributed by atoms with E-state index < -0.39 is 0 Å². The zero-order chi connectivity index (χ0) is 15.8. The number of nitrogens with one attached hydrogen (secondary N) is 1. The highest BCUT2D eigenvalue weighted by molar-refractivity contribution is 5.84. The fraction of sp³-hybridized carbons (Fsp3) is 0.500. The lowest BCUT2D eigenvalue weighted by Gasteiger charge is -2.19. The number of hydrogen-bond acceptors (Lipinski definition) is 2. The number of quaternary nitrogens is 1. The SMILES string of the molecule is CC(C)[C@@H]([NH2+]CC(=O)NCC(=O)N(C)C)c1ccccc1. The van der Waals surface area contributed by atoms with Crippen LogP contribution in [-0.2, 0) is 9.59 Å². The highest BCUT2D eigenvalue weighted by Crippen LogP contribution is 2.16. The van der Waals surface area contributed by atoms with E-state index in [0.29, 0.717) is 12.5 Å². The van der Waals surface area contributed by atoms with E-state index in [9.17, 15) is 9.59 Å². The van der Waals surface area contributed by atoms with Crippen LogP contribution in [-0.4, -0.2) is 43.9 Å². The predicted molar refractivity (Wildman–Crippen MR) is 82.5 cm³/mol. The quantitative estimate of drug-likeness (QED) is 0.751. The second-order valence-corrected chi connectivity index (χ2v) is 5.69. The second-order valence-electron chi connectivity index (χ2n) is 5.69. The molecule has 0 fully saturated rings. The number of hydrogen-bond donors (Lipinski definition) is 2. The third-order valence-electron chi connectivity index (χ3n) is 3.40. The molecule has 0 spiro atoms.